The highest BCUT2D eigenvalue weighted by molar-refractivity contribution is 6.04. The number of furan rings is 1. The Bertz CT molecular complexity index is 604. The zero-order valence-electron chi connectivity index (χ0n) is 11.1. The molecular formula is C15H15NO4. The average Bonchev–Trinajstić information content (AvgIpc) is 2.97. The van der Waals surface area contributed by atoms with E-state index in [0.717, 1.165) is 0 Å². The van der Waals surface area contributed by atoms with Crippen molar-refractivity contribution < 1.29 is 19.1 Å². The van der Waals surface area contributed by atoms with Crippen LogP contribution in [0.3, 0.4) is 0 Å². The van der Waals surface area contributed by atoms with Gasteiger partial charge < -0.3 is 14.4 Å². The molecule has 5 nitrogen and oxygen atoms in total. The Morgan fingerprint density at radius 3 is 2.40 bits per heavy atom. The highest BCUT2D eigenvalue weighted by Gasteiger charge is 2.21. The lowest BCUT2D eigenvalue weighted by Gasteiger charge is -2.20. The molecule has 0 atom stereocenters. The number of hydrogen-bond acceptors (Lipinski definition) is 3. The van der Waals surface area contributed by atoms with Gasteiger partial charge in [-0.1, -0.05) is 12.1 Å². The standard InChI is InChI=1S/C15H15NO4/c1-2-16(10-11-6-5-9-20-11)14(17)12-7-3-4-8-13(12)15(18)19/h3-9H,2,10H2,1H3,(H,18,19). The van der Waals surface area contributed by atoms with Crippen molar-refractivity contribution in [3.8, 4) is 0 Å². The van der Waals surface area contributed by atoms with Gasteiger partial charge in [0.05, 0.1) is 23.9 Å². The van der Waals surface area contributed by atoms with Gasteiger partial charge in [-0.2, -0.15) is 0 Å². The summed E-state index contributed by atoms with van der Waals surface area (Å²) in [4.78, 5) is 25.2. The number of benzene rings is 1. The van der Waals surface area contributed by atoms with Crippen molar-refractivity contribution in [2.24, 2.45) is 0 Å². The molecule has 1 aromatic carbocycles. The summed E-state index contributed by atoms with van der Waals surface area (Å²) in [7, 11) is 0. The topological polar surface area (TPSA) is 70.8 Å². The molecule has 0 radical (unpaired) electrons. The highest BCUT2D eigenvalue weighted by atomic mass is 16.4. The van der Waals surface area contributed by atoms with Crippen molar-refractivity contribution >= 4 is 11.9 Å². The van der Waals surface area contributed by atoms with E-state index in [0.29, 0.717) is 18.8 Å². The molecule has 20 heavy (non-hydrogen) atoms. The van der Waals surface area contributed by atoms with E-state index < -0.39 is 5.97 Å². The van der Waals surface area contributed by atoms with Gasteiger partial charge in [0.15, 0.2) is 0 Å². The van der Waals surface area contributed by atoms with Gasteiger partial charge in [-0.3, -0.25) is 4.79 Å². The van der Waals surface area contributed by atoms with Crippen molar-refractivity contribution in [3.05, 3.63) is 59.5 Å². The summed E-state index contributed by atoms with van der Waals surface area (Å²) in [5.41, 5.74) is 0.198. The Labute approximate surface area is 116 Å². The van der Waals surface area contributed by atoms with E-state index in [9.17, 15) is 9.59 Å². The summed E-state index contributed by atoms with van der Waals surface area (Å²) >= 11 is 0. The van der Waals surface area contributed by atoms with E-state index in [1.165, 1.54) is 12.1 Å². The fraction of sp³-hybridized carbons (Fsp3) is 0.200. The number of aromatic carboxylic acids is 1. The molecule has 0 aliphatic rings. The molecule has 0 unspecified atom stereocenters. The lowest BCUT2D eigenvalue weighted by atomic mass is 10.1. The van der Waals surface area contributed by atoms with Crippen molar-refractivity contribution in [2.45, 2.75) is 13.5 Å². The average molecular weight is 273 g/mol. The molecular weight excluding hydrogens is 258 g/mol. The first-order chi connectivity index (χ1) is 9.63. The number of carbonyl (C=O) groups excluding carboxylic acids is 1. The predicted octanol–water partition coefficient (Wildman–Crippen LogP) is 2.64. The van der Waals surface area contributed by atoms with Gasteiger partial charge in [0.2, 0.25) is 0 Å². The molecule has 2 rings (SSSR count). The second-order valence-corrected chi connectivity index (χ2v) is 4.25. The van der Waals surface area contributed by atoms with Gasteiger partial charge in [-0.15, -0.1) is 0 Å². The quantitative estimate of drug-likeness (QED) is 0.909. The minimum atomic E-state index is -1.11. The maximum atomic E-state index is 12.4. The van der Waals surface area contributed by atoms with E-state index in [2.05, 4.69) is 0 Å². The van der Waals surface area contributed by atoms with Crippen LogP contribution in [0.1, 0.15) is 33.4 Å². The fourth-order valence-corrected chi connectivity index (χ4v) is 1.94. The third-order valence-corrected chi connectivity index (χ3v) is 2.98. The monoisotopic (exact) mass is 273 g/mol. The number of carbonyl (C=O) groups is 2. The lowest BCUT2D eigenvalue weighted by molar-refractivity contribution is 0.0671. The summed E-state index contributed by atoms with van der Waals surface area (Å²) in [5.74, 6) is -0.766. The van der Waals surface area contributed by atoms with E-state index in [4.69, 9.17) is 9.52 Å². The Morgan fingerprint density at radius 1 is 1.15 bits per heavy atom. The number of carboxylic acid groups (broad SMARTS) is 1. The molecule has 0 fully saturated rings. The number of nitrogens with zero attached hydrogens (tertiary/aromatic N) is 1. The maximum Gasteiger partial charge on any atom is 0.336 e. The summed E-state index contributed by atoms with van der Waals surface area (Å²) < 4.78 is 5.22. The van der Waals surface area contributed by atoms with Gasteiger partial charge in [-0.25, -0.2) is 4.79 Å². The minimum Gasteiger partial charge on any atom is -0.478 e. The second kappa shape index (κ2) is 6.06. The molecule has 0 spiro atoms. The summed E-state index contributed by atoms with van der Waals surface area (Å²) in [5, 5.41) is 9.14. The zero-order valence-corrected chi connectivity index (χ0v) is 11.1. The van der Waals surface area contributed by atoms with Gasteiger partial charge in [0, 0.05) is 6.54 Å². The molecule has 1 heterocycles. The van der Waals surface area contributed by atoms with Crippen LogP contribution in [0.2, 0.25) is 0 Å². The fourth-order valence-electron chi connectivity index (χ4n) is 1.94. The third-order valence-electron chi connectivity index (χ3n) is 2.98. The van der Waals surface area contributed by atoms with Crippen LogP contribution in [-0.4, -0.2) is 28.4 Å². The first-order valence-corrected chi connectivity index (χ1v) is 6.27. The molecule has 104 valence electrons. The molecule has 0 saturated carbocycles. The Hall–Kier alpha value is -2.56. The molecule has 1 aromatic heterocycles. The van der Waals surface area contributed by atoms with Crippen molar-refractivity contribution in [1.29, 1.82) is 0 Å². The van der Waals surface area contributed by atoms with Gasteiger partial charge in [-0.05, 0) is 31.2 Å². The SMILES string of the molecule is CCN(Cc1ccco1)C(=O)c1ccccc1C(=O)O. The maximum absolute atomic E-state index is 12.4. The zero-order chi connectivity index (χ0) is 14.5. The number of carboxylic acids is 1. The van der Waals surface area contributed by atoms with E-state index in [1.54, 1.807) is 35.4 Å². The molecule has 1 N–H and O–H groups in total. The second-order valence-electron chi connectivity index (χ2n) is 4.25. The largest absolute Gasteiger partial charge is 0.478 e. The summed E-state index contributed by atoms with van der Waals surface area (Å²) in [6.07, 6.45) is 1.54. The van der Waals surface area contributed by atoms with Crippen LogP contribution in [0.5, 0.6) is 0 Å². The molecule has 2 aromatic rings. The van der Waals surface area contributed by atoms with Crippen LogP contribution < -0.4 is 0 Å². The van der Waals surface area contributed by atoms with Crippen molar-refractivity contribution in [1.82, 2.24) is 4.90 Å². The number of amides is 1. The van der Waals surface area contributed by atoms with Crippen LogP contribution in [0.15, 0.2) is 47.1 Å². The Morgan fingerprint density at radius 2 is 1.85 bits per heavy atom. The molecule has 0 aliphatic heterocycles. The first-order valence-electron chi connectivity index (χ1n) is 6.27. The van der Waals surface area contributed by atoms with Crippen molar-refractivity contribution in [2.75, 3.05) is 6.54 Å². The molecule has 0 saturated heterocycles. The number of rotatable bonds is 5. The molecule has 0 aliphatic carbocycles. The highest BCUT2D eigenvalue weighted by Crippen LogP contribution is 2.14. The van der Waals surface area contributed by atoms with Crippen LogP contribution in [0.4, 0.5) is 0 Å². The number of hydrogen-bond donors (Lipinski definition) is 1. The molecule has 0 bridgehead atoms. The van der Waals surface area contributed by atoms with Crippen LogP contribution in [0, 0.1) is 0 Å². The lowest BCUT2D eigenvalue weighted by Crippen LogP contribution is -2.31. The van der Waals surface area contributed by atoms with E-state index in [1.807, 2.05) is 6.92 Å². The van der Waals surface area contributed by atoms with Crippen LogP contribution in [-0.2, 0) is 6.54 Å². The first kappa shape index (κ1) is 13.9. The van der Waals surface area contributed by atoms with E-state index >= 15 is 0 Å². The Balaban J connectivity index is 2.27. The van der Waals surface area contributed by atoms with Gasteiger partial charge in [0.1, 0.15) is 5.76 Å². The smallest absolute Gasteiger partial charge is 0.336 e. The van der Waals surface area contributed by atoms with Gasteiger partial charge in [0.25, 0.3) is 5.91 Å². The summed E-state index contributed by atoms with van der Waals surface area (Å²) in [6, 6.07) is 9.73. The third kappa shape index (κ3) is 2.88. The van der Waals surface area contributed by atoms with Crippen LogP contribution in [0.25, 0.3) is 0 Å². The van der Waals surface area contributed by atoms with Gasteiger partial charge >= 0.3 is 5.97 Å². The molecule has 1 amide bonds. The summed E-state index contributed by atoms with van der Waals surface area (Å²) in [6.45, 7) is 2.62. The minimum absolute atomic E-state index is 0.00962. The molecule has 5 heteroatoms. The van der Waals surface area contributed by atoms with Crippen molar-refractivity contribution in [3.63, 3.8) is 0 Å². The van der Waals surface area contributed by atoms with Crippen LogP contribution >= 0.6 is 0 Å². The van der Waals surface area contributed by atoms with E-state index in [-0.39, 0.29) is 17.0 Å². The predicted molar refractivity (Wildman–Crippen MR) is 72.5 cm³/mol. The Kier molecular flexibility index (Phi) is 4.20. The normalized spacial score (nSPS) is 10.2.